The molecule has 0 aliphatic carbocycles. The molecule has 18 heavy (non-hydrogen) atoms. The fraction of sp³-hybridized carbons (Fsp3) is 0.583. The summed E-state index contributed by atoms with van der Waals surface area (Å²) < 4.78 is 0. The lowest BCUT2D eigenvalue weighted by Crippen LogP contribution is -2.37. The highest BCUT2D eigenvalue weighted by Crippen LogP contribution is 2.26. The van der Waals surface area contributed by atoms with Crippen LogP contribution in [-0.2, 0) is 4.79 Å². The third kappa shape index (κ3) is 3.32. The number of rotatable bonds is 5. The van der Waals surface area contributed by atoms with Crippen LogP contribution >= 0.6 is 0 Å². The van der Waals surface area contributed by atoms with Crippen molar-refractivity contribution in [2.75, 3.05) is 17.6 Å². The summed E-state index contributed by atoms with van der Waals surface area (Å²) in [5.74, 6) is 1.20. The van der Waals surface area contributed by atoms with Crippen molar-refractivity contribution in [3.63, 3.8) is 0 Å². The van der Waals surface area contributed by atoms with Gasteiger partial charge in [-0.2, -0.15) is 0 Å². The van der Waals surface area contributed by atoms with Crippen LogP contribution in [0.15, 0.2) is 6.33 Å². The summed E-state index contributed by atoms with van der Waals surface area (Å²) in [4.78, 5) is 19.8. The molecular weight excluding hydrogens is 230 g/mol. The van der Waals surface area contributed by atoms with Gasteiger partial charge in [-0.15, -0.1) is 0 Å². The van der Waals surface area contributed by atoms with E-state index >= 15 is 0 Å². The van der Waals surface area contributed by atoms with E-state index in [2.05, 4.69) is 20.6 Å². The lowest BCUT2D eigenvalue weighted by Gasteiger charge is -2.18. The van der Waals surface area contributed by atoms with Gasteiger partial charge in [-0.05, 0) is 19.8 Å². The first-order valence-corrected chi connectivity index (χ1v) is 6.12. The SMILES string of the molecule is CCNC(=O)C(C)Nc1ncnc(N)c1C(C)C. The highest BCUT2D eigenvalue weighted by Gasteiger charge is 2.17. The quantitative estimate of drug-likeness (QED) is 0.729. The number of amides is 1. The number of hydrogen-bond acceptors (Lipinski definition) is 5. The van der Waals surface area contributed by atoms with Gasteiger partial charge in [-0.1, -0.05) is 13.8 Å². The van der Waals surface area contributed by atoms with Crippen molar-refractivity contribution in [1.29, 1.82) is 0 Å². The Morgan fingerprint density at radius 3 is 2.61 bits per heavy atom. The molecule has 6 heteroatoms. The number of aromatic nitrogens is 2. The molecule has 0 aliphatic heterocycles. The van der Waals surface area contributed by atoms with E-state index < -0.39 is 0 Å². The van der Waals surface area contributed by atoms with Gasteiger partial charge in [0.15, 0.2) is 0 Å². The van der Waals surface area contributed by atoms with Gasteiger partial charge in [-0.3, -0.25) is 4.79 Å². The van der Waals surface area contributed by atoms with Gasteiger partial charge in [0.25, 0.3) is 0 Å². The predicted molar refractivity (Wildman–Crippen MR) is 72.3 cm³/mol. The maximum Gasteiger partial charge on any atom is 0.242 e. The largest absolute Gasteiger partial charge is 0.383 e. The average molecular weight is 251 g/mol. The van der Waals surface area contributed by atoms with Crippen molar-refractivity contribution in [2.45, 2.75) is 39.7 Å². The first-order chi connectivity index (χ1) is 8.47. The van der Waals surface area contributed by atoms with Crippen molar-refractivity contribution in [1.82, 2.24) is 15.3 Å². The molecule has 1 atom stereocenters. The molecule has 0 aliphatic rings. The maximum absolute atomic E-state index is 11.7. The first kappa shape index (κ1) is 14.2. The van der Waals surface area contributed by atoms with Crippen LogP contribution in [-0.4, -0.2) is 28.5 Å². The molecule has 100 valence electrons. The van der Waals surface area contributed by atoms with E-state index in [4.69, 9.17) is 5.73 Å². The van der Waals surface area contributed by atoms with Crippen molar-refractivity contribution in [3.05, 3.63) is 11.9 Å². The monoisotopic (exact) mass is 251 g/mol. The summed E-state index contributed by atoms with van der Waals surface area (Å²) in [5.41, 5.74) is 6.68. The fourth-order valence-electron chi connectivity index (χ4n) is 1.69. The van der Waals surface area contributed by atoms with Crippen LogP contribution in [0.4, 0.5) is 11.6 Å². The third-order valence-electron chi connectivity index (χ3n) is 2.59. The molecule has 1 heterocycles. The van der Waals surface area contributed by atoms with E-state index in [-0.39, 0.29) is 17.9 Å². The minimum absolute atomic E-state index is 0.0654. The molecule has 1 amide bonds. The lowest BCUT2D eigenvalue weighted by atomic mass is 10.0. The van der Waals surface area contributed by atoms with Gasteiger partial charge in [0.1, 0.15) is 24.0 Å². The van der Waals surface area contributed by atoms with Crippen LogP contribution in [0.1, 0.15) is 39.2 Å². The van der Waals surface area contributed by atoms with Gasteiger partial charge < -0.3 is 16.4 Å². The summed E-state index contributed by atoms with van der Waals surface area (Å²) >= 11 is 0. The van der Waals surface area contributed by atoms with Crippen LogP contribution in [0.2, 0.25) is 0 Å². The van der Waals surface area contributed by atoms with Crippen molar-refractivity contribution in [3.8, 4) is 0 Å². The zero-order valence-electron chi connectivity index (χ0n) is 11.3. The maximum atomic E-state index is 11.7. The van der Waals surface area contributed by atoms with E-state index in [1.165, 1.54) is 6.33 Å². The number of likely N-dealkylation sites (N-methyl/N-ethyl adjacent to an activating group) is 1. The summed E-state index contributed by atoms with van der Waals surface area (Å²) in [6.45, 7) is 8.29. The van der Waals surface area contributed by atoms with E-state index in [0.29, 0.717) is 18.2 Å². The Labute approximate surface area is 107 Å². The number of carbonyl (C=O) groups is 1. The first-order valence-electron chi connectivity index (χ1n) is 6.12. The Balaban J connectivity index is 2.90. The summed E-state index contributed by atoms with van der Waals surface area (Å²) in [5, 5.41) is 5.83. The summed E-state index contributed by atoms with van der Waals surface area (Å²) in [6, 6.07) is -0.364. The second-order valence-electron chi connectivity index (χ2n) is 4.44. The highest BCUT2D eigenvalue weighted by molar-refractivity contribution is 5.84. The smallest absolute Gasteiger partial charge is 0.242 e. The molecule has 6 nitrogen and oxygen atoms in total. The lowest BCUT2D eigenvalue weighted by molar-refractivity contribution is -0.121. The minimum Gasteiger partial charge on any atom is -0.383 e. The van der Waals surface area contributed by atoms with Gasteiger partial charge in [0, 0.05) is 12.1 Å². The average Bonchev–Trinajstić information content (AvgIpc) is 2.28. The van der Waals surface area contributed by atoms with Gasteiger partial charge in [0.05, 0.1) is 0 Å². The molecular formula is C12H21N5O. The van der Waals surface area contributed by atoms with Crippen molar-refractivity contribution in [2.24, 2.45) is 0 Å². The number of nitrogen functional groups attached to an aromatic ring is 1. The highest BCUT2D eigenvalue weighted by atomic mass is 16.2. The van der Waals surface area contributed by atoms with E-state index in [0.717, 1.165) is 5.56 Å². The molecule has 0 saturated heterocycles. The molecule has 0 saturated carbocycles. The van der Waals surface area contributed by atoms with Gasteiger partial charge in [0.2, 0.25) is 5.91 Å². The van der Waals surface area contributed by atoms with Crippen LogP contribution in [0.5, 0.6) is 0 Å². The number of anilines is 2. The number of nitrogens with zero attached hydrogens (tertiary/aromatic N) is 2. The topological polar surface area (TPSA) is 92.9 Å². The number of nitrogens with two attached hydrogens (primary N) is 1. The van der Waals surface area contributed by atoms with Gasteiger partial charge in [-0.25, -0.2) is 9.97 Å². The Hall–Kier alpha value is -1.85. The standard InChI is InChI=1S/C12H21N5O/c1-5-14-12(18)8(4)17-11-9(7(2)3)10(13)15-6-16-11/h6-8H,5H2,1-4H3,(H,14,18)(H3,13,15,16,17). The van der Waals surface area contributed by atoms with E-state index in [1.807, 2.05) is 20.8 Å². The van der Waals surface area contributed by atoms with Crippen LogP contribution in [0.3, 0.4) is 0 Å². The van der Waals surface area contributed by atoms with E-state index in [9.17, 15) is 4.79 Å². The third-order valence-corrected chi connectivity index (χ3v) is 2.59. The predicted octanol–water partition coefficient (Wildman–Crippen LogP) is 1.12. The molecule has 1 aromatic rings. The minimum atomic E-state index is -0.364. The molecule has 1 rings (SSSR count). The molecule has 0 aromatic carbocycles. The molecule has 0 fully saturated rings. The molecule has 4 N–H and O–H groups in total. The Morgan fingerprint density at radius 1 is 1.39 bits per heavy atom. The molecule has 0 bridgehead atoms. The van der Waals surface area contributed by atoms with Crippen LogP contribution < -0.4 is 16.4 Å². The molecule has 1 unspecified atom stereocenters. The molecule has 0 radical (unpaired) electrons. The fourth-order valence-corrected chi connectivity index (χ4v) is 1.69. The van der Waals surface area contributed by atoms with Gasteiger partial charge >= 0.3 is 0 Å². The Kier molecular flexibility index (Phi) is 4.88. The van der Waals surface area contributed by atoms with Crippen molar-refractivity contribution >= 4 is 17.5 Å². The normalized spacial score (nSPS) is 12.3. The number of hydrogen-bond donors (Lipinski definition) is 3. The van der Waals surface area contributed by atoms with E-state index in [1.54, 1.807) is 6.92 Å². The molecule has 0 spiro atoms. The second-order valence-corrected chi connectivity index (χ2v) is 4.44. The Morgan fingerprint density at radius 2 is 2.06 bits per heavy atom. The molecule has 1 aromatic heterocycles. The summed E-state index contributed by atoms with van der Waals surface area (Å²) in [6.07, 6.45) is 1.40. The zero-order chi connectivity index (χ0) is 13.7. The second kappa shape index (κ2) is 6.18. The number of carbonyl (C=O) groups excluding carboxylic acids is 1. The zero-order valence-corrected chi connectivity index (χ0v) is 11.3. The Bertz CT molecular complexity index is 419. The summed E-state index contributed by atoms with van der Waals surface area (Å²) in [7, 11) is 0. The van der Waals surface area contributed by atoms with Crippen molar-refractivity contribution < 1.29 is 4.79 Å². The number of nitrogens with one attached hydrogen (secondary N) is 2. The van der Waals surface area contributed by atoms with Crippen LogP contribution in [0.25, 0.3) is 0 Å². The van der Waals surface area contributed by atoms with Crippen LogP contribution in [0, 0.1) is 0 Å².